The number of halogens is 3. The third kappa shape index (κ3) is 3.66. The standard InChI is InChI=1S/C12H16F3N3O2S/c1-17-4-6-18(7-5-17)10-3-2-9(12(13,14)15)8-11(10)21(16,19)20/h2-3,8H,4-7H2,1H3,(H2,16,19,20). The van der Waals surface area contributed by atoms with E-state index in [1.807, 2.05) is 7.05 Å². The van der Waals surface area contributed by atoms with E-state index in [9.17, 15) is 21.6 Å². The molecule has 5 nitrogen and oxygen atoms in total. The van der Waals surface area contributed by atoms with Gasteiger partial charge in [0.25, 0.3) is 0 Å². The zero-order chi connectivity index (χ0) is 15.8. The number of nitrogens with zero attached hydrogens (tertiary/aromatic N) is 2. The average Bonchev–Trinajstić information content (AvgIpc) is 2.37. The molecule has 1 saturated heterocycles. The van der Waals surface area contributed by atoms with Crippen LogP contribution in [0.1, 0.15) is 5.56 Å². The minimum absolute atomic E-state index is 0.221. The van der Waals surface area contributed by atoms with E-state index < -0.39 is 26.7 Å². The number of nitrogens with two attached hydrogens (primary N) is 1. The molecule has 0 amide bonds. The first-order valence-electron chi connectivity index (χ1n) is 6.26. The van der Waals surface area contributed by atoms with E-state index in [4.69, 9.17) is 5.14 Å². The highest BCUT2D eigenvalue weighted by atomic mass is 32.2. The normalized spacial score (nSPS) is 18.0. The topological polar surface area (TPSA) is 66.6 Å². The van der Waals surface area contributed by atoms with E-state index in [1.54, 1.807) is 4.90 Å². The largest absolute Gasteiger partial charge is 0.416 e. The summed E-state index contributed by atoms with van der Waals surface area (Å²) in [4.78, 5) is 3.30. The van der Waals surface area contributed by atoms with Gasteiger partial charge in [-0.2, -0.15) is 13.2 Å². The Kier molecular flexibility index (Phi) is 4.18. The predicted octanol–water partition coefficient (Wildman–Crippen LogP) is 1.10. The van der Waals surface area contributed by atoms with Crippen LogP contribution in [0.2, 0.25) is 0 Å². The van der Waals surface area contributed by atoms with E-state index in [0.29, 0.717) is 32.2 Å². The molecule has 0 saturated carbocycles. The smallest absolute Gasteiger partial charge is 0.368 e. The van der Waals surface area contributed by atoms with Crippen LogP contribution in [0.3, 0.4) is 0 Å². The number of anilines is 1. The molecule has 1 aliphatic heterocycles. The van der Waals surface area contributed by atoms with Crippen molar-refractivity contribution in [3.63, 3.8) is 0 Å². The van der Waals surface area contributed by atoms with E-state index in [-0.39, 0.29) is 5.69 Å². The molecule has 1 aliphatic rings. The Balaban J connectivity index is 2.46. The fourth-order valence-corrected chi connectivity index (χ4v) is 3.01. The van der Waals surface area contributed by atoms with Crippen molar-refractivity contribution in [2.75, 3.05) is 38.1 Å². The molecule has 0 radical (unpaired) electrons. The molecule has 0 aliphatic carbocycles. The fraction of sp³-hybridized carbons (Fsp3) is 0.500. The van der Waals surface area contributed by atoms with Gasteiger partial charge < -0.3 is 9.80 Å². The van der Waals surface area contributed by atoms with Gasteiger partial charge in [0.1, 0.15) is 4.90 Å². The molecule has 1 fully saturated rings. The lowest BCUT2D eigenvalue weighted by atomic mass is 10.1. The van der Waals surface area contributed by atoms with Crippen LogP contribution in [0, 0.1) is 0 Å². The lowest BCUT2D eigenvalue weighted by molar-refractivity contribution is -0.137. The monoisotopic (exact) mass is 323 g/mol. The summed E-state index contributed by atoms with van der Waals surface area (Å²) in [6, 6.07) is 2.65. The summed E-state index contributed by atoms with van der Waals surface area (Å²) in [5.74, 6) is 0. The predicted molar refractivity (Wildman–Crippen MR) is 72.5 cm³/mol. The summed E-state index contributed by atoms with van der Waals surface area (Å²) >= 11 is 0. The number of hydrogen-bond acceptors (Lipinski definition) is 4. The lowest BCUT2D eigenvalue weighted by Crippen LogP contribution is -2.45. The van der Waals surface area contributed by atoms with Gasteiger partial charge in [0.2, 0.25) is 10.0 Å². The van der Waals surface area contributed by atoms with Crippen LogP contribution in [0.25, 0.3) is 0 Å². The van der Waals surface area contributed by atoms with Gasteiger partial charge in [-0.05, 0) is 25.2 Å². The molecule has 0 atom stereocenters. The van der Waals surface area contributed by atoms with Crippen LogP contribution in [0.4, 0.5) is 18.9 Å². The van der Waals surface area contributed by atoms with Crippen LogP contribution in [-0.2, 0) is 16.2 Å². The molecule has 21 heavy (non-hydrogen) atoms. The third-order valence-electron chi connectivity index (χ3n) is 3.44. The number of benzene rings is 1. The van der Waals surface area contributed by atoms with Gasteiger partial charge in [-0.15, -0.1) is 0 Å². The highest BCUT2D eigenvalue weighted by molar-refractivity contribution is 7.89. The number of likely N-dealkylation sites (N-methyl/N-ethyl adjacent to an activating group) is 1. The number of rotatable bonds is 2. The molecule has 1 aromatic rings. The van der Waals surface area contributed by atoms with Crippen molar-refractivity contribution in [3.8, 4) is 0 Å². The van der Waals surface area contributed by atoms with Crippen molar-refractivity contribution in [2.45, 2.75) is 11.1 Å². The molecule has 0 bridgehead atoms. The van der Waals surface area contributed by atoms with Crippen LogP contribution in [-0.4, -0.2) is 46.5 Å². The van der Waals surface area contributed by atoms with Crippen molar-refractivity contribution < 1.29 is 21.6 Å². The molecule has 1 aromatic carbocycles. The zero-order valence-electron chi connectivity index (χ0n) is 11.4. The first-order valence-corrected chi connectivity index (χ1v) is 7.81. The maximum absolute atomic E-state index is 12.7. The Bertz CT molecular complexity index is 623. The highest BCUT2D eigenvalue weighted by Crippen LogP contribution is 2.34. The fourth-order valence-electron chi connectivity index (χ4n) is 2.23. The van der Waals surface area contributed by atoms with Crippen molar-refractivity contribution in [1.29, 1.82) is 0 Å². The maximum Gasteiger partial charge on any atom is 0.416 e. The minimum Gasteiger partial charge on any atom is -0.368 e. The summed E-state index contributed by atoms with van der Waals surface area (Å²) in [5.41, 5.74) is -0.803. The molecule has 0 aromatic heterocycles. The molecule has 0 spiro atoms. The molecule has 1 heterocycles. The zero-order valence-corrected chi connectivity index (χ0v) is 12.2. The Labute approximate surface area is 121 Å². The SMILES string of the molecule is CN1CCN(c2ccc(C(F)(F)F)cc2S(N)(=O)=O)CC1. The average molecular weight is 323 g/mol. The highest BCUT2D eigenvalue weighted by Gasteiger charge is 2.33. The van der Waals surface area contributed by atoms with Crippen LogP contribution in [0.15, 0.2) is 23.1 Å². The summed E-state index contributed by atoms with van der Waals surface area (Å²) in [6.45, 7) is 2.46. The van der Waals surface area contributed by atoms with Gasteiger partial charge in [0, 0.05) is 26.2 Å². The lowest BCUT2D eigenvalue weighted by Gasteiger charge is -2.35. The molecular formula is C12H16F3N3O2S. The van der Waals surface area contributed by atoms with Gasteiger partial charge in [0.15, 0.2) is 0 Å². The first kappa shape index (κ1) is 16.1. The Morgan fingerprint density at radius 3 is 2.19 bits per heavy atom. The van der Waals surface area contributed by atoms with Crippen molar-refractivity contribution in [2.24, 2.45) is 5.14 Å². The molecule has 118 valence electrons. The molecule has 9 heteroatoms. The van der Waals surface area contributed by atoms with Crippen molar-refractivity contribution >= 4 is 15.7 Å². The number of hydrogen-bond donors (Lipinski definition) is 1. The van der Waals surface area contributed by atoms with Crippen molar-refractivity contribution in [1.82, 2.24) is 4.90 Å². The number of alkyl halides is 3. The van der Waals surface area contributed by atoms with Crippen molar-refractivity contribution in [3.05, 3.63) is 23.8 Å². The van der Waals surface area contributed by atoms with Gasteiger partial charge in [-0.25, -0.2) is 13.6 Å². The second kappa shape index (κ2) is 5.47. The van der Waals surface area contributed by atoms with Gasteiger partial charge in [-0.1, -0.05) is 0 Å². The van der Waals surface area contributed by atoms with Gasteiger partial charge in [0.05, 0.1) is 11.3 Å². The number of primary sulfonamides is 1. The Morgan fingerprint density at radius 2 is 1.71 bits per heavy atom. The summed E-state index contributed by atoms with van der Waals surface area (Å²) in [7, 11) is -2.31. The van der Waals surface area contributed by atoms with Gasteiger partial charge in [-0.3, -0.25) is 0 Å². The molecule has 2 N–H and O–H groups in total. The summed E-state index contributed by atoms with van der Waals surface area (Å²) in [5, 5.41) is 5.07. The third-order valence-corrected chi connectivity index (χ3v) is 4.38. The molecular weight excluding hydrogens is 307 g/mol. The quantitative estimate of drug-likeness (QED) is 0.885. The summed E-state index contributed by atoms with van der Waals surface area (Å²) < 4.78 is 61.4. The summed E-state index contributed by atoms with van der Waals surface area (Å²) in [6.07, 6.45) is -4.61. The minimum atomic E-state index is -4.61. The van der Waals surface area contributed by atoms with Crippen LogP contribution in [0.5, 0.6) is 0 Å². The molecule has 2 rings (SSSR count). The number of sulfonamides is 1. The van der Waals surface area contributed by atoms with Crippen LogP contribution < -0.4 is 10.0 Å². The second-order valence-electron chi connectivity index (χ2n) is 5.02. The Morgan fingerprint density at radius 1 is 1.14 bits per heavy atom. The first-order chi connectivity index (χ1) is 9.59. The number of piperazine rings is 1. The van der Waals surface area contributed by atoms with E-state index >= 15 is 0 Å². The Hall–Kier alpha value is -1.32. The van der Waals surface area contributed by atoms with E-state index in [2.05, 4.69) is 4.90 Å². The maximum atomic E-state index is 12.7. The second-order valence-corrected chi connectivity index (χ2v) is 6.55. The van der Waals surface area contributed by atoms with E-state index in [1.165, 1.54) is 6.07 Å². The van der Waals surface area contributed by atoms with Crippen LogP contribution >= 0.6 is 0 Å². The van der Waals surface area contributed by atoms with Gasteiger partial charge >= 0.3 is 6.18 Å². The molecule has 0 unspecified atom stereocenters. The van der Waals surface area contributed by atoms with E-state index in [0.717, 1.165) is 6.07 Å².